The Morgan fingerprint density at radius 1 is 1.17 bits per heavy atom. The number of aliphatic hydroxyl groups excluding tert-OH is 1. The fourth-order valence-electron chi connectivity index (χ4n) is 6.87. The van der Waals surface area contributed by atoms with Crippen LogP contribution in [0.25, 0.3) is 10.9 Å². The van der Waals surface area contributed by atoms with Crippen molar-refractivity contribution in [1.82, 2.24) is 15.2 Å². The number of aromatic nitrogens is 1. The van der Waals surface area contributed by atoms with Crippen LogP contribution in [0.5, 0.6) is 0 Å². The number of nitro groups is 1. The fourth-order valence-corrected chi connectivity index (χ4v) is 6.87. The van der Waals surface area contributed by atoms with Crippen LogP contribution < -0.4 is 5.32 Å². The molecule has 2 aromatic carbocycles. The number of rotatable bonds is 7. The molecule has 7 rings (SSSR count). The van der Waals surface area contributed by atoms with Gasteiger partial charge >= 0.3 is 11.9 Å². The van der Waals surface area contributed by atoms with Gasteiger partial charge in [-0.3, -0.25) is 20.0 Å². The number of non-ortho nitro benzene ring substituents is 1. The van der Waals surface area contributed by atoms with Gasteiger partial charge in [-0.1, -0.05) is 36.4 Å². The summed E-state index contributed by atoms with van der Waals surface area (Å²) in [4.78, 5) is 40.3. The first-order valence-electron chi connectivity index (χ1n) is 14.8. The van der Waals surface area contributed by atoms with Crippen LogP contribution in [0.15, 0.2) is 96.0 Å². The van der Waals surface area contributed by atoms with E-state index in [1.165, 1.54) is 31.5 Å². The van der Waals surface area contributed by atoms with E-state index in [2.05, 4.69) is 33.9 Å². The minimum absolute atomic E-state index is 0.0977. The number of piperidine rings is 3. The normalized spacial score (nSPS) is 24.2. The first kappa shape index (κ1) is 32.0. The number of hydrogen-bond acceptors (Lipinski definition) is 9. The summed E-state index contributed by atoms with van der Waals surface area (Å²) in [6.45, 7) is 7.50. The molecule has 4 aliphatic heterocycles. The number of nitrogens with one attached hydrogen (secondary N) is 1. The number of carboxylic acids is 2. The molecular weight excluding hydrogens is 590 g/mol. The number of carbonyl (C=O) groups is 2. The van der Waals surface area contributed by atoms with Crippen LogP contribution in [0.1, 0.15) is 42.9 Å². The third-order valence-electron chi connectivity index (χ3n) is 9.07. The summed E-state index contributed by atoms with van der Waals surface area (Å²) in [7, 11) is 0. The van der Waals surface area contributed by atoms with E-state index in [-0.39, 0.29) is 34.3 Å². The summed E-state index contributed by atoms with van der Waals surface area (Å²) in [6, 6.07) is 17.0. The zero-order valence-electron chi connectivity index (χ0n) is 25.0. The lowest BCUT2D eigenvalue weighted by molar-refractivity contribution is -0.384. The van der Waals surface area contributed by atoms with Crippen LogP contribution in [0.3, 0.4) is 0 Å². The summed E-state index contributed by atoms with van der Waals surface area (Å²) in [5, 5.41) is 53.5. The number of nitriles is 1. The monoisotopic (exact) mass is 623 g/mol. The van der Waals surface area contributed by atoms with Crippen molar-refractivity contribution in [2.45, 2.75) is 37.8 Å². The van der Waals surface area contributed by atoms with Crippen LogP contribution in [0.2, 0.25) is 0 Å². The fraction of sp³-hybridized carbons (Fsp3) is 0.294. The number of nitro benzene ring substituents is 1. The maximum absolute atomic E-state index is 11.6. The second kappa shape index (κ2) is 13.3. The van der Waals surface area contributed by atoms with E-state index in [0.717, 1.165) is 42.0 Å². The molecule has 12 nitrogen and oxygen atoms in total. The lowest BCUT2D eigenvalue weighted by Gasteiger charge is -2.50. The third-order valence-corrected chi connectivity index (χ3v) is 9.07. The van der Waals surface area contributed by atoms with Gasteiger partial charge in [-0.25, -0.2) is 9.59 Å². The van der Waals surface area contributed by atoms with Gasteiger partial charge in [0.15, 0.2) is 0 Å². The second-order valence-corrected chi connectivity index (χ2v) is 11.6. The molecular formula is C34H33N5O7. The molecule has 0 amide bonds. The standard InChI is InChI=1S/C19H22N2O.C15H11N3O6/c1-2-13-12-21-10-8-14(13)11-18(21)19(22)16-7-9-20-17-6-4-3-5-15(16)17;1-7-11(14(19)20)12(13(15(21)22)10(6-16)17-7)8-3-2-4-9(5-8)18(23)24/h2-7,9,13-14,18-19,22H,1,8,10-12H2;2-5,12,17H,1H3,(H,19,20)(H,21,22)/t13-,14-,18-,19+;/m0./s1. The molecule has 0 aliphatic carbocycles. The molecule has 4 aliphatic rings. The average molecular weight is 624 g/mol. The number of hydrogen-bond donors (Lipinski definition) is 4. The Kier molecular flexibility index (Phi) is 9.27. The Balaban J connectivity index is 0.000000182. The van der Waals surface area contributed by atoms with Crippen molar-refractivity contribution in [3.05, 3.63) is 117 Å². The highest BCUT2D eigenvalue weighted by atomic mass is 16.6. The second-order valence-electron chi connectivity index (χ2n) is 11.6. The largest absolute Gasteiger partial charge is 0.478 e. The lowest BCUT2D eigenvalue weighted by Crippen LogP contribution is -2.54. The van der Waals surface area contributed by atoms with E-state index in [9.17, 15) is 35.0 Å². The number of aliphatic hydroxyl groups is 1. The molecule has 12 heteroatoms. The predicted molar refractivity (Wildman–Crippen MR) is 168 cm³/mol. The molecule has 1 aromatic heterocycles. The molecule has 0 radical (unpaired) electrons. The number of fused-ring (bicyclic) bond motifs is 4. The molecule has 3 fully saturated rings. The van der Waals surface area contributed by atoms with Crippen LogP contribution in [0, 0.1) is 33.3 Å². The number of aliphatic carboxylic acids is 2. The number of nitrogens with zero attached hydrogens (tertiary/aromatic N) is 4. The Labute approximate surface area is 264 Å². The predicted octanol–water partition coefficient (Wildman–Crippen LogP) is 4.67. The zero-order valence-corrected chi connectivity index (χ0v) is 25.0. The van der Waals surface area contributed by atoms with Gasteiger partial charge in [-0.05, 0) is 61.4 Å². The van der Waals surface area contributed by atoms with Gasteiger partial charge in [-0.2, -0.15) is 5.26 Å². The smallest absolute Gasteiger partial charge is 0.335 e. The van der Waals surface area contributed by atoms with Crippen LogP contribution >= 0.6 is 0 Å². The maximum atomic E-state index is 11.6. The first-order chi connectivity index (χ1) is 22.0. The van der Waals surface area contributed by atoms with Crippen molar-refractivity contribution in [2.24, 2.45) is 11.8 Å². The number of benzene rings is 2. The van der Waals surface area contributed by atoms with Crippen LogP contribution in [-0.2, 0) is 9.59 Å². The van der Waals surface area contributed by atoms with E-state index in [4.69, 9.17) is 5.26 Å². The molecule has 3 aromatic rings. The van der Waals surface area contributed by atoms with E-state index in [1.807, 2.05) is 30.5 Å². The molecule has 5 heterocycles. The number of dihydropyridines is 1. The van der Waals surface area contributed by atoms with Crippen molar-refractivity contribution in [2.75, 3.05) is 13.1 Å². The first-order valence-corrected chi connectivity index (χ1v) is 14.8. The highest BCUT2D eigenvalue weighted by molar-refractivity contribution is 5.99. The summed E-state index contributed by atoms with van der Waals surface area (Å²) in [6.07, 6.45) is 5.76. The number of pyridine rings is 1. The molecule has 236 valence electrons. The van der Waals surface area contributed by atoms with Crippen molar-refractivity contribution in [3.63, 3.8) is 0 Å². The van der Waals surface area contributed by atoms with Gasteiger partial charge < -0.3 is 20.6 Å². The topological polar surface area (TPSA) is 190 Å². The molecule has 0 spiro atoms. The maximum Gasteiger partial charge on any atom is 0.335 e. The lowest BCUT2D eigenvalue weighted by atomic mass is 9.73. The van der Waals surface area contributed by atoms with Gasteiger partial charge in [0.05, 0.1) is 33.6 Å². The molecule has 3 saturated heterocycles. The number of allylic oxidation sites excluding steroid dienone is 2. The Hall–Kier alpha value is -5.38. The van der Waals surface area contributed by atoms with E-state index >= 15 is 0 Å². The summed E-state index contributed by atoms with van der Waals surface area (Å²) < 4.78 is 0. The molecule has 6 atom stereocenters. The summed E-state index contributed by atoms with van der Waals surface area (Å²) in [5.41, 5.74) is 0.802. The molecule has 2 bridgehead atoms. The van der Waals surface area contributed by atoms with Gasteiger partial charge in [0.25, 0.3) is 5.69 Å². The van der Waals surface area contributed by atoms with Gasteiger partial charge in [0.1, 0.15) is 11.8 Å². The van der Waals surface area contributed by atoms with Crippen molar-refractivity contribution in [3.8, 4) is 6.07 Å². The summed E-state index contributed by atoms with van der Waals surface area (Å²) >= 11 is 0. The van der Waals surface area contributed by atoms with Crippen molar-refractivity contribution < 1.29 is 29.8 Å². The minimum atomic E-state index is -1.48. The quantitative estimate of drug-likeness (QED) is 0.163. The van der Waals surface area contributed by atoms with Crippen molar-refractivity contribution >= 4 is 28.5 Å². The van der Waals surface area contributed by atoms with Crippen LogP contribution in [0.4, 0.5) is 5.69 Å². The Bertz CT molecular complexity index is 1820. The van der Waals surface area contributed by atoms with Gasteiger partial charge in [0.2, 0.25) is 0 Å². The molecule has 1 unspecified atom stereocenters. The van der Waals surface area contributed by atoms with E-state index in [0.29, 0.717) is 11.8 Å². The van der Waals surface area contributed by atoms with Gasteiger partial charge in [-0.15, -0.1) is 6.58 Å². The third kappa shape index (κ3) is 6.10. The minimum Gasteiger partial charge on any atom is -0.478 e. The SMILES string of the molecule is C=C[C@H]1C[N@]2CC[C@H]1C[C@H]2[C@H](O)c1ccnc2ccccc12.CC1=C(C(=O)O)C(c2cccc([N+](=O)[O-])c2)C(C(=O)O)=C(C#N)N1. The Morgan fingerprint density at radius 3 is 2.54 bits per heavy atom. The number of para-hydroxylation sites is 1. The van der Waals surface area contributed by atoms with Crippen LogP contribution in [-0.4, -0.2) is 61.2 Å². The zero-order chi connectivity index (χ0) is 33.1. The number of carboxylic acid groups (broad SMARTS) is 2. The average Bonchev–Trinajstić information content (AvgIpc) is 3.07. The summed E-state index contributed by atoms with van der Waals surface area (Å²) in [5.74, 6) is -2.91. The van der Waals surface area contributed by atoms with E-state index in [1.54, 1.807) is 6.07 Å². The van der Waals surface area contributed by atoms with E-state index < -0.39 is 34.5 Å². The molecule has 0 saturated carbocycles. The molecule has 46 heavy (non-hydrogen) atoms. The highest BCUT2D eigenvalue weighted by Crippen LogP contribution is 2.42. The van der Waals surface area contributed by atoms with Gasteiger partial charge in [0, 0.05) is 42.0 Å². The Morgan fingerprint density at radius 2 is 1.91 bits per heavy atom. The molecule has 4 N–H and O–H groups in total. The van der Waals surface area contributed by atoms with Crippen molar-refractivity contribution in [1.29, 1.82) is 5.26 Å². The highest BCUT2D eigenvalue weighted by Gasteiger charge is 2.42.